The Morgan fingerprint density at radius 1 is 1.04 bits per heavy atom. The maximum Gasteiger partial charge on any atom is 0.338 e. The van der Waals surface area contributed by atoms with Gasteiger partial charge in [-0.05, 0) is 36.4 Å². The van der Waals surface area contributed by atoms with Crippen LogP contribution in [0.3, 0.4) is 0 Å². The zero-order valence-corrected chi connectivity index (χ0v) is 12.6. The SMILES string of the molecule is O=C(COC(=O)c1ccc(F)cc1)Nc1ccc2c(c1)OCCO2. The van der Waals surface area contributed by atoms with Crippen LogP contribution >= 0.6 is 0 Å². The number of fused-ring (bicyclic) bond motifs is 1. The summed E-state index contributed by atoms with van der Waals surface area (Å²) < 4.78 is 28.5. The summed E-state index contributed by atoms with van der Waals surface area (Å²) in [5.41, 5.74) is 0.672. The minimum Gasteiger partial charge on any atom is -0.486 e. The first-order valence-electron chi connectivity index (χ1n) is 7.24. The predicted molar refractivity (Wildman–Crippen MR) is 82.7 cm³/mol. The van der Waals surface area contributed by atoms with Crippen molar-refractivity contribution < 1.29 is 28.2 Å². The van der Waals surface area contributed by atoms with Crippen LogP contribution in [0.15, 0.2) is 42.5 Å². The molecule has 2 aromatic rings. The molecule has 0 atom stereocenters. The lowest BCUT2D eigenvalue weighted by Crippen LogP contribution is -2.21. The molecule has 0 saturated heterocycles. The summed E-state index contributed by atoms with van der Waals surface area (Å²) in [5.74, 6) is -0.498. The van der Waals surface area contributed by atoms with Gasteiger partial charge in [0, 0.05) is 11.8 Å². The molecule has 1 aliphatic heterocycles. The fourth-order valence-corrected chi connectivity index (χ4v) is 2.12. The van der Waals surface area contributed by atoms with Gasteiger partial charge in [-0.2, -0.15) is 0 Å². The lowest BCUT2D eigenvalue weighted by atomic mass is 10.2. The van der Waals surface area contributed by atoms with Crippen molar-refractivity contribution in [2.75, 3.05) is 25.1 Å². The van der Waals surface area contributed by atoms with E-state index in [1.165, 1.54) is 12.1 Å². The van der Waals surface area contributed by atoms with E-state index >= 15 is 0 Å². The number of benzene rings is 2. The molecule has 0 aromatic heterocycles. The minimum atomic E-state index is -0.702. The standard InChI is InChI=1S/C17H14FNO5/c18-12-3-1-11(2-4-12)17(21)24-10-16(20)19-13-5-6-14-15(9-13)23-8-7-22-14/h1-6,9H,7-8,10H2,(H,19,20). The van der Waals surface area contributed by atoms with Gasteiger partial charge < -0.3 is 19.5 Å². The molecule has 24 heavy (non-hydrogen) atoms. The van der Waals surface area contributed by atoms with Crippen molar-refractivity contribution in [3.05, 3.63) is 53.8 Å². The van der Waals surface area contributed by atoms with Crippen molar-refractivity contribution in [2.24, 2.45) is 0 Å². The maximum absolute atomic E-state index is 12.8. The molecule has 0 bridgehead atoms. The van der Waals surface area contributed by atoms with Crippen LogP contribution in [-0.2, 0) is 9.53 Å². The molecule has 1 N–H and O–H groups in total. The molecule has 7 heteroatoms. The Bertz CT molecular complexity index is 760. The van der Waals surface area contributed by atoms with Crippen molar-refractivity contribution in [3.63, 3.8) is 0 Å². The van der Waals surface area contributed by atoms with Gasteiger partial charge in [-0.1, -0.05) is 0 Å². The number of nitrogens with one attached hydrogen (secondary N) is 1. The van der Waals surface area contributed by atoms with Crippen molar-refractivity contribution in [1.29, 1.82) is 0 Å². The molecule has 1 aliphatic rings. The van der Waals surface area contributed by atoms with E-state index in [0.717, 1.165) is 12.1 Å². The molecule has 1 amide bonds. The van der Waals surface area contributed by atoms with E-state index in [-0.39, 0.29) is 5.56 Å². The minimum absolute atomic E-state index is 0.170. The van der Waals surface area contributed by atoms with Crippen LogP contribution in [0.5, 0.6) is 11.5 Å². The zero-order valence-electron chi connectivity index (χ0n) is 12.6. The Labute approximate surface area is 137 Å². The molecule has 2 aromatic carbocycles. The molecule has 3 rings (SSSR count). The molecule has 1 heterocycles. The average molecular weight is 331 g/mol. The van der Waals surface area contributed by atoms with Gasteiger partial charge in [-0.25, -0.2) is 9.18 Å². The molecule has 0 spiro atoms. The van der Waals surface area contributed by atoms with Crippen molar-refractivity contribution >= 4 is 17.6 Å². The smallest absolute Gasteiger partial charge is 0.338 e. The molecule has 0 fully saturated rings. The van der Waals surface area contributed by atoms with Crippen LogP contribution in [0.1, 0.15) is 10.4 Å². The van der Waals surface area contributed by atoms with E-state index in [1.807, 2.05) is 0 Å². The van der Waals surface area contributed by atoms with Crippen LogP contribution in [0, 0.1) is 5.82 Å². The van der Waals surface area contributed by atoms with Crippen LogP contribution in [0.25, 0.3) is 0 Å². The first-order chi connectivity index (χ1) is 11.6. The number of carbonyl (C=O) groups is 2. The number of anilines is 1. The third-order valence-electron chi connectivity index (χ3n) is 3.24. The van der Waals surface area contributed by atoms with E-state index in [9.17, 15) is 14.0 Å². The Morgan fingerprint density at radius 2 is 1.75 bits per heavy atom. The first-order valence-corrected chi connectivity index (χ1v) is 7.24. The number of ether oxygens (including phenoxy) is 3. The van der Waals surface area contributed by atoms with Crippen LogP contribution in [0.4, 0.5) is 10.1 Å². The van der Waals surface area contributed by atoms with E-state index in [1.54, 1.807) is 18.2 Å². The number of rotatable bonds is 4. The summed E-state index contributed by atoms with van der Waals surface area (Å²) in [5, 5.41) is 2.60. The highest BCUT2D eigenvalue weighted by molar-refractivity contribution is 5.95. The quantitative estimate of drug-likeness (QED) is 0.871. The summed E-state index contributed by atoms with van der Waals surface area (Å²) in [7, 11) is 0. The van der Waals surface area contributed by atoms with Gasteiger partial charge in [-0.3, -0.25) is 4.79 Å². The van der Waals surface area contributed by atoms with Crippen LogP contribution < -0.4 is 14.8 Å². The van der Waals surface area contributed by atoms with E-state index < -0.39 is 24.3 Å². The lowest BCUT2D eigenvalue weighted by Gasteiger charge is -2.19. The Kier molecular flexibility index (Phi) is 4.60. The van der Waals surface area contributed by atoms with Crippen LogP contribution in [0.2, 0.25) is 0 Å². The second-order valence-electron chi connectivity index (χ2n) is 4.99. The predicted octanol–water partition coefficient (Wildman–Crippen LogP) is 2.39. The molecular weight excluding hydrogens is 317 g/mol. The summed E-state index contributed by atoms with van der Waals surface area (Å²) in [4.78, 5) is 23.6. The summed E-state index contributed by atoms with van der Waals surface area (Å²) in [6.45, 7) is 0.475. The number of esters is 1. The number of hydrogen-bond donors (Lipinski definition) is 1. The highest BCUT2D eigenvalue weighted by atomic mass is 19.1. The first kappa shape index (κ1) is 15.8. The number of amides is 1. The third kappa shape index (κ3) is 3.81. The van der Waals surface area contributed by atoms with Gasteiger partial charge >= 0.3 is 5.97 Å². The summed E-state index contributed by atoms with van der Waals surface area (Å²) in [6, 6.07) is 9.85. The molecule has 0 radical (unpaired) electrons. The van der Waals surface area contributed by atoms with Gasteiger partial charge in [-0.15, -0.1) is 0 Å². The maximum atomic E-state index is 12.8. The normalized spacial score (nSPS) is 12.4. The van der Waals surface area contributed by atoms with E-state index in [4.69, 9.17) is 14.2 Å². The van der Waals surface area contributed by atoms with Gasteiger partial charge in [0.25, 0.3) is 5.91 Å². The highest BCUT2D eigenvalue weighted by Crippen LogP contribution is 2.32. The number of carbonyl (C=O) groups excluding carboxylic acids is 2. The molecular formula is C17H14FNO5. The Hall–Kier alpha value is -3.09. The largest absolute Gasteiger partial charge is 0.486 e. The molecule has 6 nitrogen and oxygen atoms in total. The van der Waals surface area contributed by atoms with Crippen LogP contribution in [-0.4, -0.2) is 31.7 Å². The second kappa shape index (κ2) is 6.99. The summed E-state index contributed by atoms with van der Waals surface area (Å²) >= 11 is 0. The van der Waals surface area contributed by atoms with Gasteiger partial charge in [0.2, 0.25) is 0 Å². The van der Waals surface area contributed by atoms with Gasteiger partial charge in [0.15, 0.2) is 18.1 Å². The van der Waals surface area contributed by atoms with Gasteiger partial charge in [0.05, 0.1) is 5.56 Å². The number of hydrogen-bond acceptors (Lipinski definition) is 5. The monoisotopic (exact) mass is 331 g/mol. The Balaban J connectivity index is 1.54. The Morgan fingerprint density at radius 3 is 2.50 bits per heavy atom. The molecule has 0 aliphatic carbocycles. The second-order valence-corrected chi connectivity index (χ2v) is 4.99. The molecule has 124 valence electrons. The van der Waals surface area contributed by atoms with Crippen molar-refractivity contribution in [1.82, 2.24) is 0 Å². The molecule has 0 saturated carbocycles. The third-order valence-corrected chi connectivity index (χ3v) is 3.24. The molecule has 0 unspecified atom stereocenters. The van der Waals surface area contributed by atoms with Crippen molar-refractivity contribution in [3.8, 4) is 11.5 Å². The highest BCUT2D eigenvalue weighted by Gasteiger charge is 2.14. The fourth-order valence-electron chi connectivity index (χ4n) is 2.12. The summed E-state index contributed by atoms with van der Waals surface area (Å²) in [6.07, 6.45) is 0. The fraction of sp³-hybridized carbons (Fsp3) is 0.176. The van der Waals surface area contributed by atoms with Crippen molar-refractivity contribution in [2.45, 2.75) is 0 Å². The topological polar surface area (TPSA) is 73.9 Å². The zero-order chi connectivity index (χ0) is 16.9. The van der Waals surface area contributed by atoms with E-state index in [2.05, 4.69) is 5.32 Å². The lowest BCUT2D eigenvalue weighted by molar-refractivity contribution is -0.119. The van der Waals surface area contributed by atoms with Gasteiger partial charge in [0.1, 0.15) is 19.0 Å². The van der Waals surface area contributed by atoms with E-state index in [0.29, 0.717) is 30.4 Å². The number of halogens is 1. The average Bonchev–Trinajstić information content (AvgIpc) is 2.60.